The topological polar surface area (TPSA) is 140 Å². The van der Waals surface area contributed by atoms with Crippen LogP contribution in [0.15, 0.2) is 49.4 Å². The number of amides is 2. The molecular weight excluding hydrogens is 455 g/mol. The Morgan fingerprint density at radius 3 is 2.89 bits per heavy atom. The van der Waals surface area contributed by atoms with Gasteiger partial charge in [-0.3, -0.25) is 14.3 Å². The van der Waals surface area contributed by atoms with Gasteiger partial charge in [-0.15, -0.1) is 0 Å². The van der Waals surface area contributed by atoms with Gasteiger partial charge >= 0.3 is 0 Å². The number of methoxy groups -OCH3 is 1. The lowest BCUT2D eigenvalue weighted by atomic mass is 10.1. The quantitative estimate of drug-likeness (QED) is 0.418. The number of rotatable bonds is 8. The van der Waals surface area contributed by atoms with Gasteiger partial charge < -0.3 is 26.0 Å². The fraction of sp³-hybridized carbons (Fsp3) is 0.261. The lowest BCUT2D eigenvalue weighted by Crippen LogP contribution is -2.39. The molecule has 3 heterocycles. The molecule has 2 aromatic heterocycles. The molecule has 0 saturated carbocycles. The maximum absolute atomic E-state index is 13.8. The van der Waals surface area contributed by atoms with E-state index < -0.39 is 11.7 Å². The van der Waals surface area contributed by atoms with E-state index in [9.17, 15) is 14.0 Å². The number of piperidine rings is 1. The van der Waals surface area contributed by atoms with E-state index in [0.29, 0.717) is 24.5 Å². The molecular formula is C23H25FN8O3. The van der Waals surface area contributed by atoms with E-state index in [1.165, 1.54) is 37.6 Å². The third-order valence-electron chi connectivity index (χ3n) is 5.58. The van der Waals surface area contributed by atoms with E-state index in [1.54, 1.807) is 22.0 Å². The fourth-order valence-corrected chi connectivity index (χ4v) is 3.85. The molecule has 1 saturated heterocycles. The van der Waals surface area contributed by atoms with Gasteiger partial charge in [0, 0.05) is 31.5 Å². The maximum Gasteiger partial charge on any atom is 0.254 e. The van der Waals surface area contributed by atoms with Crippen molar-refractivity contribution in [2.75, 3.05) is 30.8 Å². The van der Waals surface area contributed by atoms with Crippen molar-refractivity contribution in [3.8, 4) is 5.75 Å². The van der Waals surface area contributed by atoms with Crippen LogP contribution < -0.4 is 21.1 Å². The summed E-state index contributed by atoms with van der Waals surface area (Å²) in [6.45, 7) is 4.79. The molecule has 12 heteroatoms. The van der Waals surface area contributed by atoms with Gasteiger partial charge in [-0.2, -0.15) is 10.1 Å². The number of benzene rings is 1. The van der Waals surface area contributed by atoms with Gasteiger partial charge in [-0.25, -0.2) is 9.37 Å². The number of nitrogens with one attached hydrogen (secondary N) is 2. The van der Waals surface area contributed by atoms with Gasteiger partial charge in [0.05, 0.1) is 30.7 Å². The van der Waals surface area contributed by atoms with Crippen LogP contribution >= 0.6 is 0 Å². The molecule has 1 fully saturated rings. The van der Waals surface area contributed by atoms with Crippen molar-refractivity contribution in [2.24, 2.45) is 5.73 Å². The predicted octanol–water partition coefficient (Wildman–Crippen LogP) is 2.76. The lowest BCUT2D eigenvalue weighted by Gasteiger charge is -2.32. The lowest BCUT2D eigenvalue weighted by molar-refractivity contribution is -0.127. The first-order valence-electron chi connectivity index (χ1n) is 10.9. The second kappa shape index (κ2) is 10.2. The number of nitrogens with two attached hydrogens (primary N) is 1. The molecule has 1 atom stereocenters. The van der Waals surface area contributed by atoms with E-state index in [1.807, 2.05) is 0 Å². The summed E-state index contributed by atoms with van der Waals surface area (Å²) in [6, 6.07) is 3.94. The van der Waals surface area contributed by atoms with Crippen LogP contribution in [0.25, 0.3) is 0 Å². The zero-order valence-electron chi connectivity index (χ0n) is 19.1. The Bertz CT molecular complexity index is 1260. The zero-order valence-corrected chi connectivity index (χ0v) is 19.1. The molecule has 182 valence electrons. The van der Waals surface area contributed by atoms with Gasteiger partial charge in [0.25, 0.3) is 5.91 Å². The average Bonchev–Trinajstić information content (AvgIpc) is 3.32. The van der Waals surface area contributed by atoms with E-state index in [2.05, 4.69) is 32.3 Å². The summed E-state index contributed by atoms with van der Waals surface area (Å²) in [4.78, 5) is 34.1. The Hall–Kier alpha value is -4.48. The van der Waals surface area contributed by atoms with Crippen molar-refractivity contribution in [1.29, 1.82) is 0 Å². The molecule has 0 radical (unpaired) electrons. The molecule has 1 aliphatic heterocycles. The number of hydrogen-bond acceptors (Lipinski definition) is 8. The van der Waals surface area contributed by atoms with Crippen molar-refractivity contribution >= 4 is 35.0 Å². The Balaban J connectivity index is 1.54. The van der Waals surface area contributed by atoms with E-state index in [-0.39, 0.29) is 35.0 Å². The first kappa shape index (κ1) is 23.7. The van der Waals surface area contributed by atoms with Crippen molar-refractivity contribution < 1.29 is 18.7 Å². The third-order valence-corrected chi connectivity index (χ3v) is 5.58. The van der Waals surface area contributed by atoms with Crippen LogP contribution in [-0.4, -0.2) is 56.7 Å². The molecule has 2 amide bonds. The van der Waals surface area contributed by atoms with Crippen LogP contribution in [0.4, 0.5) is 27.5 Å². The number of hydrogen-bond donors (Lipinski definition) is 3. The smallest absolute Gasteiger partial charge is 0.254 e. The highest BCUT2D eigenvalue weighted by Gasteiger charge is 2.24. The highest BCUT2D eigenvalue weighted by atomic mass is 19.1. The summed E-state index contributed by atoms with van der Waals surface area (Å²) in [7, 11) is 1.44. The molecule has 1 unspecified atom stereocenters. The molecule has 1 aliphatic rings. The summed E-state index contributed by atoms with van der Waals surface area (Å²) in [5, 5.41) is 10.3. The Labute approximate surface area is 200 Å². The van der Waals surface area contributed by atoms with E-state index in [4.69, 9.17) is 10.5 Å². The second-order valence-corrected chi connectivity index (χ2v) is 7.91. The second-order valence-electron chi connectivity index (χ2n) is 7.91. The molecule has 4 N–H and O–H groups in total. The summed E-state index contributed by atoms with van der Waals surface area (Å²) >= 11 is 0. The minimum absolute atomic E-state index is 0.0201. The van der Waals surface area contributed by atoms with Gasteiger partial charge in [-0.1, -0.05) is 6.58 Å². The molecule has 0 bridgehead atoms. The summed E-state index contributed by atoms with van der Waals surface area (Å²) in [6.07, 6.45) is 7.74. The molecule has 0 aliphatic carbocycles. The van der Waals surface area contributed by atoms with Gasteiger partial charge in [0.2, 0.25) is 11.9 Å². The van der Waals surface area contributed by atoms with Crippen LogP contribution in [0.5, 0.6) is 5.75 Å². The molecule has 1 aromatic carbocycles. The number of aromatic nitrogens is 4. The van der Waals surface area contributed by atoms with Crippen molar-refractivity contribution in [2.45, 2.75) is 18.9 Å². The highest BCUT2D eigenvalue weighted by Crippen LogP contribution is 2.30. The standard InChI is InChI=1S/C23H25FN8O3/c1-3-20(33)31-8-4-5-16(13-31)32-12-15(10-27-32)28-23-26-11-17(21(25)34)22(30-23)29-18-9-14(24)6-7-19(18)35-2/h3,6-7,9-12,16H,1,4-5,8,13H2,2H3,(H2,25,34)(H2,26,28,29,30). The van der Waals surface area contributed by atoms with Gasteiger partial charge in [0.1, 0.15) is 22.9 Å². The van der Waals surface area contributed by atoms with E-state index in [0.717, 1.165) is 12.8 Å². The Morgan fingerprint density at radius 2 is 2.14 bits per heavy atom. The zero-order chi connectivity index (χ0) is 24.9. The monoisotopic (exact) mass is 480 g/mol. The summed E-state index contributed by atoms with van der Waals surface area (Å²) in [5.41, 5.74) is 6.36. The minimum Gasteiger partial charge on any atom is -0.495 e. The van der Waals surface area contributed by atoms with Crippen LogP contribution in [0, 0.1) is 5.82 Å². The summed E-state index contributed by atoms with van der Waals surface area (Å²) < 4.78 is 20.8. The molecule has 35 heavy (non-hydrogen) atoms. The predicted molar refractivity (Wildman–Crippen MR) is 127 cm³/mol. The Kier molecular flexibility index (Phi) is 6.90. The van der Waals surface area contributed by atoms with Crippen molar-refractivity contribution in [1.82, 2.24) is 24.6 Å². The number of likely N-dealkylation sites (tertiary alicyclic amines) is 1. The van der Waals surface area contributed by atoms with E-state index >= 15 is 0 Å². The first-order valence-corrected chi connectivity index (χ1v) is 10.9. The van der Waals surface area contributed by atoms with Crippen LogP contribution in [0.1, 0.15) is 29.2 Å². The number of ether oxygens (including phenoxy) is 1. The number of primary amides is 1. The normalized spacial score (nSPS) is 15.4. The number of carbonyl (C=O) groups is 2. The van der Waals surface area contributed by atoms with Gasteiger partial charge in [-0.05, 0) is 31.1 Å². The van der Waals surface area contributed by atoms with Crippen LogP contribution in [0.3, 0.4) is 0 Å². The Morgan fingerprint density at radius 1 is 1.31 bits per heavy atom. The van der Waals surface area contributed by atoms with Gasteiger partial charge in [0.15, 0.2) is 0 Å². The number of carbonyl (C=O) groups excluding carboxylic acids is 2. The van der Waals surface area contributed by atoms with Crippen molar-refractivity contribution in [3.63, 3.8) is 0 Å². The highest BCUT2D eigenvalue weighted by molar-refractivity contribution is 5.98. The van der Waals surface area contributed by atoms with Crippen LogP contribution in [-0.2, 0) is 4.79 Å². The molecule has 11 nitrogen and oxygen atoms in total. The first-order chi connectivity index (χ1) is 16.9. The average molecular weight is 481 g/mol. The largest absolute Gasteiger partial charge is 0.495 e. The number of halogens is 1. The van der Waals surface area contributed by atoms with Crippen molar-refractivity contribution in [3.05, 3.63) is 60.8 Å². The summed E-state index contributed by atoms with van der Waals surface area (Å²) in [5.74, 6) is -0.745. The minimum atomic E-state index is -0.752. The SMILES string of the molecule is C=CC(=O)N1CCCC(n2cc(Nc3ncc(C(N)=O)c(Nc4cc(F)ccc4OC)n3)cn2)C1. The third kappa shape index (κ3) is 5.37. The number of nitrogens with zero attached hydrogens (tertiary/aromatic N) is 5. The maximum atomic E-state index is 13.8. The fourth-order valence-electron chi connectivity index (χ4n) is 3.85. The molecule has 4 rings (SSSR count). The molecule has 3 aromatic rings. The van der Waals surface area contributed by atoms with Crippen LogP contribution in [0.2, 0.25) is 0 Å². The molecule has 0 spiro atoms. The number of anilines is 4.